The zero-order chi connectivity index (χ0) is 22.5. The maximum absolute atomic E-state index is 14.5. The molecule has 12 heteroatoms. The molecule has 0 aliphatic carbocycles. The molecule has 31 heavy (non-hydrogen) atoms. The summed E-state index contributed by atoms with van der Waals surface area (Å²) in [4.78, 5) is 10.6. The van der Waals surface area contributed by atoms with E-state index >= 15 is 0 Å². The molecule has 3 aromatic rings. The van der Waals surface area contributed by atoms with E-state index in [1.54, 1.807) is 14.0 Å². The first-order chi connectivity index (χ1) is 14.6. The number of anilines is 1. The smallest absolute Gasteiger partial charge is 0.419 e. The molecule has 0 saturated carbocycles. The van der Waals surface area contributed by atoms with Gasteiger partial charge in [-0.05, 0) is 25.8 Å². The fraction of sp³-hybridized carbons (Fsp3) is 0.421. The van der Waals surface area contributed by atoms with Crippen molar-refractivity contribution in [2.45, 2.75) is 32.0 Å². The normalized spacial score (nSPS) is 15.8. The second-order valence-corrected chi connectivity index (χ2v) is 7.24. The van der Waals surface area contributed by atoms with Crippen molar-refractivity contribution in [3.63, 3.8) is 0 Å². The lowest BCUT2D eigenvalue weighted by atomic mass is 10.1. The summed E-state index contributed by atoms with van der Waals surface area (Å²) < 4.78 is 73.9. The van der Waals surface area contributed by atoms with Crippen LogP contribution in [0.3, 0.4) is 0 Å². The Morgan fingerprint density at radius 3 is 2.45 bits per heavy atom. The highest BCUT2D eigenvalue weighted by Gasteiger charge is 2.38. The van der Waals surface area contributed by atoms with Crippen LogP contribution in [0.5, 0.6) is 5.75 Å². The Morgan fingerprint density at radius 1 is 1.16 bits per heavy atom. The second kappa shape index (κ2) is 7.59. The zero-order valence-electron chi connectivity index (χ0n) is 16.5. The van der Waals surface area contributed by atoms with Crippen molar-refractivity contribution in [3.05, 3.63) is 35.2 Å². The van der Waals surface area contributed by atoms with E-state index in [1.807, 2.05) is 4.90 Å². The molecule has 0 amide bonds. The number of ether oxygens (including phenoxy) is 1. The van der Waals surface area contributed by atoms with E-state index in [2.05, 4.69) is 15.1 Å². The van der Waals surface area contributed by atoms with Gasteiger partial charge in [-0.3, -0.25) is 0 Å². The van der Waals surface area contributed by atoms with Crippen LogP contribution in [-0.2, 0) is 10.9 Å². The Balaban J connectivity index is 1.79. The van der Waals surface area contributed by atoms with Crippen LogP contribution in [0.2, 0.25) is 0 Å². The van der Waals surface area contributed by atoms with E-state index in [0.717, 1.165) is 17.5 Å². The van der Waals surface area contributed by atoms with Crippen LogP contribution in [0.25, 0.3) is 16.7 Å². The minimum absolute atomic E-state index is 0.117. The molecule has 166 valence electrons. The van der Waals surface area contributed by atoms with Gasteiger partial charge in [-0.2, -0.15) is 18.3 Å². The summed E-state index contributed by atoms with van der Waals surface area (Å²) in [7, 11) is 1.65. The van der Waals surface area contributed by atoms with Crippen LogP contribution < -0.4 is 4.90 Å². The van der Waals surface area contributed by atoms with Gasteiger partial charge < -0.3 is 14.7 Å². The molecule has 0 bridgehead atoms. The Morgan fingerprint density at radius 2 is 1.84 bits per heavy atom. The van der Waals surface area contributed by atoms with Crippen LogP contribution in [0, 0.1) is 18.6 Å². The summed E-state index contributed by atoms with van der Waals surface area (Å²) in [5, 5.41) is 13.6. The van der Waals surface area contributed by atoms with Crippen LogP contribution in [0.15, 0.2) is 12.3 Å². The zero-order valence-corrected chi connectivity index (χ0v) is 16.5. The molecule has 1 aromatic carbocycles. The summed E-state index contributed by atoms with van der Waals surface area (Å²) in [5.41, 5.74) is -1.84. The molecule has 4 rings (SSSR count). The lowest BCUT2D eigenvalue weighted by molar-refractivity contribution is -0.140. The minimum atomic E-state index is -5.14. The monoisotopic (exact) mass is 443 g/mol. The molecule has 0 atom stereocenters. The summed E-state index contributed by atoms with van der Waals surface area (Å²) >= 11 is 0. The van der Waals surface area contributed by atoms with Gasteiger partial charge in [0.1, 0.15) is 16.7 Å². The molecule has 0 radical (unpaired) electrons. The summed E-state index contributed by atoms with van der Waals surface area (Å²) in [6.45, 7) is 2.87. The van der Waals surface area contributed by atoms with E-state index in [9.17, 15) is 27.1 Å². The number of aromatic nitrogens is 4. The molecule has 1 fully saturated rings. The van der Waals surface area contributed by atoms with Gasteiger partial charge in [-0.1, -0.05) is 0 Å². The van der Waals surface area contributed by atoms with Gasteiger partial charge in [0.25, 0.3) is 0 Å². The largest absolute Gasteiger partial charge is 0.503 e. The van der Waals surface area contributed by atoms with Crippen molar-refractivity contribution >= 4 is 17.0 Å². The van der Waals surface area contributed by atoms with Gasteiger partial charge in [0.05, 0.1) is 23.6 Å². The molecular weight excluding hydrogens is 425 g/mol. The van der Waals surface area contributed by atoms with Gasteiger partial charge in [0.15, 0.2) is 17.4 Å². The third-order valence-corrected chi connectivity index (χ3v) is 5.33. The molecule has 1 aliphatic heterocycles. The Labute approximate surface area is 173 Å². The number of piperidine rings is 1. The Hall–Kier alpha value is -3.02. The average Bonchev–Trinajstić information content (AvgIpc) is 3.07. The number of nitrogens with zero attached hydrogens (tertiary/aromatic N) is 5. The standard InChI is InChI=1S/C19H18F5N5O2/c1-9-16-13(8-25-18(26-16)28-5-3-10(31-2)4-6-28)29(27-9)12-7-11(19(22,23)24)14(20)17(30)15(12)21/h7-8,10,30H,3-6H2,1-2H3. The topological polar surface area (TPSA) is 76.3 Å². The van der Waals surface area contributed by atoms with Gasteiger partial charge in [-0.15, -0.1) is 0 Å². The second-order valence-electron chi connectivity index (χ2n) is 7.24. The van der Waals surface area contributed by atoms with E-state index in [0.29, 0.717) is 30.2 Å². The minimum Gasteiger partial charge on any atom is -0.503 e. The van der Waals surface area contributed by atoms with E-state index in [4.69, 9.17) is 4.74 Å². The van der Waals surface area contributed by atoms with Gasteiger partial charge in [-0.25, -0.2) is 23.4 Å². The number of aromatic hydroxyl groups is 1. The van der Waals surface area contributed by atoms with Crippen LogP contribution in [-0.4, -0.2) is 51.2 Å². The molecule has 1 aliphatic rings. The summed E-state index contributed by atoms with van der Waals surface area (Å²) in [6, 6.07) is 0.264. The number of hydrogen-bond donors (Lipinski definition) is 1. The van der Waals surface area contributed by atoms with Crippen molar-refractivity contribution < 1.29 is 31.8 Å². The number of methoxy groups -OCH3 is 1. The fourth-order valence-electron chi connectivity index (χ4n) is 3.64. The third-order valence-electron chi connectivity index (χ3n) is 5.33. The summed E-state index contributed by atoms with van der Waals surface area (Å²) in [6.07, 6.45) is -2.10. The number of rotatable bonds is 3. The molecule has 1 N–H and O–H groups in total. The predicted molar refractivity (Wildman–Crippen MR) is 100 cm³/mol. The number of halogens is 5. The van der Waals surface area contributed by atoms with Gasteiger partial charge in [0, 0.05) is 20.2 Å². The SMILES string of the molecule is COC1CCN(c2ncc3c(n2)c(C)nn3-c2cc(C(F)(F)F)c(F)c(O)c2F)CC1. The first kappa shape index (κ1) is 21.2. The third kappa shape index (κ3) is 3.64. The highest BCUT2D eigenvalue weighted by molar-refractivity contribution is 5.80. The molecule has 7 nitrogen and oxygen atoms in total. The molecule has 0 unspecified atom stereocenters. The van der Waals surface area contributed by atoms with Crippen LogP contribution >= 0.6 is 0 Å². The predicted octanol–water partition coefficient (Wildman–Crippen LogP) is 3.74. The molecular formula is C19H18F5N5O2. The van der Waals surface area contributed by atoms with Crippen molar-refractivity contribution in [1.29, 1.82) is 0 Å². The maximum atomic E-state index is 14.5. The number of alkyl halides is 3. The lowest BCUT2D eigenvalue weighted by Crippen LogP contribution is -2.37. The van der Waals surface area contributed by atoms with Crippen molar-refractivity contribution in [2.24, 2.45) is 0 Å². The fourth-order valence-corrected chi connectivity index (χ4v) is 3.64. The first-order valence-corrected chi connectivity index (χ1v) is 9.40. The number of phenolic OH excluding ortho intramolecular Hbond substituents is 1. The molecule has 1 saturated heterocycles. The van der Waals surface area contributed by atoms with E-state index in [-0.39, 0.29) is 17.7 Å². The number of aryl methyl sites for hydroxylation is 1. The molecule has 0 spiro atoms. The van der Waals surface area contributed by atoms with E-state index in [1.165, 1.54) is 6.20 Å². The first-order valence-electron chi connectivity index (χ1n) is 9.40. The maximum Gasteiger partial charge on any atom is 0.419 e. The van der Waals surface area contributed by atoms with E-state index < -0.39 is 34.8 Å². The number of hydrogen-bond acceptors (Lipinski definition) is 6. The number of benzene rings is 1. The molecule has 3 heterocycles. The average molecular weight is 443 g/mol. The summed E-state index contributed by atoms with van der Waals surface area (Å²) in [5.74, 6) is -4.98. The van der Waals surface area contributed by atoms with Gasteiger partial charge in [0.2, 0.25) is 5.95 Å². The van der Waals surface area contributed by atoms with Crippen molar-refractivity contribution in [1.82, 2.24) is 19.7 Å². The number of fused-ring (bicyclic) bond motifs is 1. The quantitative estimate of drug-likeness (QED) is 0.622. The highest BCUT2D eigenvalue weighted by Crippen LogP contribution is 2.39. The van der Waals surface area contributed by atoms with Crippen molar-refractivity contribution in [3.8, 4) is 11.4 Å². The Bertz CT molecular complexity index is 1140. The van der Waals surface area contributed by atoms with Gasteiger partial charge >= 0.3 is 6.18 Å². The molecule has 2 aromatic heterocycles. The number of phenols is 1. The van der Waals surface area contributed by atoms with Crippen LogP contribution in [0.1, 0.15) is 24.1 Å². The lowest BCUT2D eigenvalue weighted by Gasteiger charge is -2.31. The highest BCUT2D eigenvalue weighted by atomic mass is 19.4. The van der Waals surface area contributed by atoms with Crippen molar-refractivity contribution in [2.75, 3.05) is 25.1 Å². The Kier molecular flexibility index (Phi) is 5.20. The van der Waals surface area contributed by atoms with Crippen LogP contribution in [0.4, 0.5) is 27.9 Å².